The molecule has 30 heavy (non-hydrogen) atoms. The molecule has 9 heteroatoms. The highest BCUT2D eigenvalue weighted by atomic mass is 16.6. The van der Waals surface area contributed by atoms with Gasteiger partial charge in [-0.15, -0.1) is 0 Å². The van der Waals surface area contributed by atoms with Crippen LogP contribution in [-0.2, 0) is 0 Å². The van der Waals surface area contributed by atoms with Gasteiger partial charge >= 0.3 is 11.8 Å². The van der Waals surface area contributed by atoms with Crippen molar-refractivity contribution in [2.24, 2.45) is 5.41 Å². The molecule has 0 bridgehead atoms. The molecule has 2 aliphatic rings. The van der Waals surface area contributed by atoms with E-state index in [1.807, 2.05) is 0 Å². The molecule has 3 rings (SSSR count). The molecule has 9 nitrogen and oxygen atoms in total. The van der Waals surface area contributed by atoms with Gasteiger partial charge in [0.15, 0.2) is 5.75 Å². The summed E-state index contributed by atoms with van der Waals surface area (Å²) in [6.07, 6.45) is 1.11. The summed E-state index contributed by atoms with van der Waals surface area (Å²) in [7, 11) is 1.45. The van der Waals surface area contributed by atoms with Crippen LogP contribution in [0.15, 0.2) is 18.2 Å². The number of methoxy groups -OCH3 is 1. The van der Waals surface area contributed by atoms with E-state index in [1.54, 1.807) is 17.0 Å². The number of ether oxygens (including phenoxy) is 1. The number of piperidine rings is 1. The van der Waals surface area contributed by atoms with Gasteiger partial charge in [-0.2, -0.15) is 0 Å². The van der Waals surface area contributed by atoms with Crippen molar-refractivity contribution in [1.29, 1.82) is 0 Å². The number of rotatable bonds is 4. The van der Waals surface area contributed by atoms with E-state index in [0.29, 0.717) is 12.6 Å². The molecule has 166 valence electrons. The third-order valence-electron chi connectivity index (χ3n) is 6.36. The van der Waals surface area contributed by atoms with Gasteiger partial charge in [-0.25, -0.2) is 4.79 Å². The molecule has 0 radical (unpaired) electrons. The number of anilines is 1. The summed E-state index contributed by atoms with van der Waals surface area (Å²) >= 11 is 0. The van der Waals surface area contributed by atoms with E-state index in [9.17, 15) is 20.0 Å². The second-order valence-corrected chi connectivity index (χ2v) is 9.18. The fourth-order valence-corrected chi connectivity index (χ4v) is 4.61. The van der Waals surface area contributed by atoms with E-state index >= 15 is 0 Å². The van der Waals surface area contributed by atoms with Gasteiger partial charge < -0.3 is 19.6 Å². The van der Waals surface area contributed by atoms with E-state index in [-0.39, 0.29) is 22.9 Å². The minimum Gasteiger partial charge on any atom is -0.490 e. The second-order valence-electron chi connectivity index (χ2n) is 9.18. The fourth-order valence-electron chi connectivity index (χ4n) is 4.61. The van der Waals surface area contributed by atoms with E-state index < -0.39 is 11.0 Å². The van der Waals surface area contributed by atoms with Crippen molar-refractivity contribution in [2.45, 2.75) is 45.7 Å². The third kappa shape index (κ3) is 4.61. The Morgan fingerprint density at radius 1 is 1.20 bits per heavy atom. The zero-order valence-electron chi connectivity index (χ0n) is 18.2. The number of hydrogen-bond acceptors (Lipinski definition) is 6. The fraction of sp³-hybridized carbons (Fsp3) is 0.667. The lowest BCUT2D eigenvalue weighted by molar-refractivity contribution is -0.385. The molecule has 0 saturated carbocycles. The summed E-state index contributed by atoms with van der Waals surface area (Å²) in [4.78, 5) is 28.6. The number of amides is 1. The van der Waals surface area contributed by atoms with Crippen LogP contribution in [0.1, 0.15) is 33.6 Å². The van der Waals surface area contributed by atoms with E-state index in [1.165, 1.54) is 13.2 Å². The van der Waals surface area contributed by atoms with Crippen molar-refractivity contribution in [1.82, 2.24) is 9.80 Å². The minimum absolute atomic E-state index is 0.0271. The van der Waals surface area contributed by atoms with Crippen LogP contribution in [0.2, 0.25) is 0 Å². The molecule has 1 N–H and O–H groups in total. The van der Waals surface area contributed by atoms with Crippen molar-refractivity contribution < 1.29 is 19.6 Å². The standard InChI is InChI=1S/C21H32N4O5/c1-21(2,3)19-14-23(11-12-24(19)20(26)27)15-7-9-22(10-8-15)16-5-6-17(25(28)29)18(13-16)30-4/h5-6,13,15,19H,7-12,14H2,1-4H3,(H,26,27). The first-order valence-corrected chi connectivity index (χ1v) is 10.4. The quantitative estimate of drug-likeness (QED) is 0.589. The van der Waals surface area contributed by atoms with Crippen LogP contribution < -0.4 is 9.64 Å². The van der Waals surface area contributed by atoms with E-state index in [2.05, 4.69) is 30.6 Å². The molecule has 1 amide bonds. The van der Waals surface area contributed by atoms with Gasteiger partial charge in [-0.05, 0) is 24.3 Å². The number of piperazine rings is 1. The highest BCUT2D eigenvalue weighted by molar-refractivity contribution is 5.65. The van der Waals surface area contributed by atoms with Crippen molar-refractivity contribution >= 4 is 17.5 Å². The number of nitro benzene ring substituents is 1. The molecule has 0 aromatic heterocycles. The van der Waals surface area contributed by atoms with Crippen LogP contribution in [-0.4, -0.2) is 77.8 Å². The molecule has 1 aromatic rings. The molecule has 0 aliphatic carbocycles. The molecule has 2 fully saturated rings. The summed E-state index contributed by atoms with van der Waals surface area (Å²) < 4.78 is 5.20. The first-order valence-electron chi connectivity index (χ1n) is 10.4. The lowest BCUT2D eigenvalue weighted by Crippen LogP contribution is -2.62. The van der Waals surface area contributed by atoms with Crippen LogP contribution in [0.5, 0.6) is 5.75 Å². The zero-order chi connectivity index (χ0) is 22.1. The number of benzene rings is 1. The van der Waals surface area contributed by atoms with Gasteiger partial charge in [-0.1, -0.05) is 20.8 Å². The van der Waals surface area contributed by atoms with Gasteiger partial charge in [0.2, 0.25) is 0 Å². The highest BCUT2D eigenvalue weighted by Crippen LogP contribution is 2.34. The average Bonchev–Trinajstić information content (AvgIpc) is 2.72. The molecule has 1 atom stereocenters. The minimum atomic E-state index is -0.837. The van der Waals surface area contributed by atoms with Gasteiger partial charge in [0, 0.05) is 56.6 Å². The largest absolute Gasteiger partial charge is 0.490 e. The lowest BCUT2D eigenvalue weighted by atomic mass is 9.83. The van der Waals surface area contributed by atoms with E-state index in [4.69, 9.17) is 4.74 Å². The Hall–Kier alpha value is -2.55. The summed E-state index contributed by atoms with van der Waals surface area (Å²) in [5, 5.41) is 20.7. The molecule has 2 saturated heterocycles. The number of carbonyl (C=O) groups is 1. The predicted octanol–water partition coefficient (Wildman–Crippen LogP) is 3.28. The van der Waals surface area contributed by atoms with Gasteiger partial charge in [-0.3, -0.25) is 15.0 Å². The monoisotopic (exact) mass is 420 g/mol. The summed E-state index contributed by atoms with van der Waals surface area (Å²) in [5.41, 5.74) is 0.785. The molecular formula is C21H32N4O5. The Kier molecular flexibility index (Phi) is 6.40. The Labute approximate surface area is 177 Å². The molecule has 2 aliphatic heterocycles. The molecular weight excluding hydrogens is 388 g/mol. The molecule has 0 spiro atoms. The van der Waals surface area contributed by atoms with Gasteiger partial charge in [0.05, 0.1) is 18.1 Å². The number of nitro groups is 1. The van der Waals surface area contributed by atoms with Crippen molar-refractivity contribution in [2.75, 3.05) is 44.7 Å². The summed E-state index contributed by atoms with van der Waals surface area (Å²) in [6.45, 7) is 10.1. The first-order chi connectivity index (χ1) is 14.1. The SMILES string of the molecule is COc1cc(N2CCC(N3CCN(C(=O)O)C(C(C)(C)C)C3)CC2)ccc1[N+](=O)[O-]. The summed E-state index contributed by atoms with van der Waals surface area (Å²) in [6, 6.07) is 5.41. The Bertz CT molecular complexity index is 786. The topological polar surface area (TPSA) is 99.4 Å². The Morgan fingerprint density at radius 3 is 2.40 bits per heavy atom. The molecule has 1 unspecified atom stereocenters. The molecule has 1 aromatic carbocycles. The van der Waals surface area contributed by atoms with Crippen LogP contribution in [0.3, 0.4) is 0 Å². The zero-order valence-corrected chi connectivity index (χ0v) is 18.2. The first kappa shape index (κ1) is 22.1. The summed E-state index contributed by atoms with van der Waals surface area (Å²) in [5.74, 6) is 0.275. The van der Waals surface area contributed by atoms with Crippen LogP contribution in [0, 0.1) is 15.5 Å². The van der Waals surface area contributed by atoms with Crippen LogP contribution in [0.25, 0.3) is 0 Å². The smallest absolute Gasteiger partial charge is 0.407 e. The number of hydrogen-bond donors (Lipinski definition) is 1. The van der Waals surface area contributed by atoms with Crippen LogP contribution in [0.4, 0.5) is 16.2 Å². The Morgan fingerprint density at radius 2 is 1.87 bits per heavy atom. The van der Waals surface area contributed by atoms with E-state index in [0.717, 1.165) is 44.7 Å². The van der Waals surface area contributed by atoms with Crippen molar-refractivity contribution in [3.63, 3.8) is 0 Å². The number of carboxylic acid groups (broad SMARTS) is 1. The lowest BCUT2D eigenvalue weighted by Gasteiger charge is -2.49. The highest BCUT2D eigenvalue weighted by Gasteiger charge is 2.40. The van der Waals surface area contributed by atoms with Crippen LogP contribution >= 0.6 is 0 Å². The molecule has 2 heterocycles. The third-order valence-corrected chi connectivity index (χ3v) is 6.36. The van der Waals surface area contributed by atoms with Gasteiger partial charge in [0.1, 0.15) is 0 Å². The number of nitrogens with zero attached hydrogens (tertiary/aromatic N) is 4. The van der Waals surface area contributed by atoms with Crippen molar-refractivity contribution in [3.8, 4) is 5.75 Å². The van der Waals surface area contributed by atoms with Crippen molar-refractivity contribution in [3.05, 3.63) is 28.3 Å². The normalized spacial score (nSPS) is 21.5. The predicted molar refractivity (Wildman–Crippen MR) is 114 cm³/mol. The second kappa shape index (κ2) is 8.67. The maximum absolute atomic E-state index is 11.7. The Balaban J connectivity index is 1.64. The average molecular weight is 421 g/mol. The van der Waals surface area contributed by atoms with Gasteiger partial charge in [0.25, 0.3) is 0 Å². The maximum Gasteiger partial charge on any atom is 0.407 e. The maximum atomic E-state index is 11.7.